The van der Waals surface area contributed by atoms with E-state index in [-0.39, 0.29) is 23.8 Å². The monoisotopic (exact) mass is 362 g/mol. The number of pyridine rings is 1. The Balaban J connectivity index is 1.45. The Labute approximate surface area is 148 Å². The third kappa shape index (κ3) is 3.47. The standard InChI is InChI=1S/C17H15ClN2O5/c18-13-5-10(7-19-17(13)25-12-3-4-22-8-12)16(21)20-11-1-2-14-15(6-11)24-9-23-14/h1-2,5-7,12H,3-4,8-9H2,(H,20,21). The van der Waals surface area contributed by atoms with Crippen LogP contribution in [-0.2, 0) is 4.74 Å². The summed E-state index contributed by atoms with van der Waals surface area (Å²) in [5, 5.41) is 3.06. The fraction of sp³-hybridized carbons (Fsp3) is 0.294. The van der Waals surface area contributed by atoms with Crippen molar-refractivity contribution in [1.29, 1.82) is 0 Å². The summed E-state index contributed by atoms with van der Waals surface area (Å²) in [6.45, 7) is 1.36. The third-order valence-electron chi connectivity index (χ3n) is 3.87. The highest BCUT2D eigenvalue weighted by molar-refractivity contribution is 6.32. The molecule has 0 spiro atoms. The van der Waals surface area contributed by atoms with Crippen LogP contribution in [0.2, 0.25) is 5.02 Å². The highest BCUT2D eigenvalue weighted by Gasteiger charge is 2.20. The molecular weight excluding hydrogens is 348 g/mol. The number of carbonyl (C=O) groups excluding carboxylic acids is 1. The number of rotatable bonds is 4. The van der Waals surface area contributed by atoms with Crippen molar-refractivity contribution in [3.8, 4) is 17.4 Å². The molecule has 2 aliphatic rings. The second-order valence-corrected chi connectivity index (χ2v) is 6.04. The van der Waals surface area contributed by atoms with Crippen molar-refractivity contribution in [3.05, 3.63) is 41.0 Å². The van der Waals surface area contributed by atoms with E-state index in [1.54, 1.807) is 18.2 Å². The lowest BCUT2D eigenvalue weighted by Crippen LogP contribution is -2.17. The van der Waals surface area contributed by atoms with Crippen molar-refractivity contribution in [2.45, 2.75) is 12.5 Å². The van der Waals surface area contributed by atoms with E-state index in [0.717, 1.165) is 6.42 Å². The number of nitrogens with one attached hydrogen (secondary N) is 1. The number of anilines is 1. The largest absolute Gasteiger partial charge is 0.471 e. The van der Waals surface area contributed by atoms with Crippen molar-refractivity contribution in [1.82, 2.24) is 4.98 Å². The molecule has 1 unspecified atom stereocenters. The van der Waals surface area contributed by atoms with E-state index in [2.05, 4.69) is 10.3 Å². The molecule has 130 valence electrons. The van der Waals surface area contributed by atoms with E-state index in [0.29, 0.717) is 41.8 Å². The maximum absolute atomic E-state index is 12.4. The molecule has 0 aliphatic carbocycles. The van der Waals surface area contributed by atoms with Gasteiger partial charge >= 0.3 is 0 Å². The predicted octanol–water partition coefficient (Wildman–Crippen LogP) is 2.88. The molecule has 1 aromatic heterocycles. The number of fused-ring (bicyclic) bond motifs is 1. The van der Waals surface area contributed by atoms with E-state index in [4.69, 9.17) is 30.5 Å². The van der Waals surface area contributed by atoms with Gasteiger partial charge < -0.3 is 24.3 Å². The molecule has 1 amide bonds. The summed E-state index contributed by atoms with van der Waals surface area (Å²) in [7, 11) is 0. The molecule has 1 atom stereocenters. The molecule has 3 heterocycles. The van der Waals surface area contributed by atoms with Crippen LogP contribution in [0, 0.1) is 0 Å². The minimum absolute atomic E-state index is 0.0571. The SMILES string of the molecule is O=C(Nc1ccc2c(c1)OCO2)c1cnc(OC2CCOC2)c(Cl)c1. The van der Waals surface area contributed by atoms with Gasteiger partial charge in [0, 0.05) is 24.4 Å². The Kier molecular flexibility index (Phi) is 4.33. The number of benzene rings is 1. The number of aromatic nitrogens is 1. The number of hydrogen-bond acceptors (Lipinski definition) is 6. The molecule has 2 aromatic rings. The molecule has 1 fully saturated rings. The molecule has 7 nitrogen and oxygen atoms in total. The summed E-state index contributed by atoms with van der Waals surface area (Å²) in [6.07, 6.45) is 2.17. The minimum atomic E-state index is -0.330. The van der Waals surface area contributed by atoms with Crippen LogP contribution >= 0.6 is 11.6 Å². The predicted molar refractivity (Wildman–Crippen MR) is 89.6 cm³/mol. The van der Waals surface area contributed by atoms with Gasteiger partial charge in [-0.15, -0.1) is 0 Å². The van der Waals surface area contributed by atoms with Gasteiger partial charge in [-0.25, -0.2) is 4.98 Å². The first kappa shape index (κ1) is 16.0. The molecule has 1 N–H and O–H groups in total. The number of ether oxygens (including phenoxy) is 4. The summed E-state index contributed by atoms with van der Waals surface area (Å²) >= 11 is 6.19. The summed E-state index contributed by atoms with van der Waals surface area (Å²) in [6, 6.07) is 6.71. The van der Waals surface area contributed by atoms with Gasteiger partial charge in [-0.1, -0.05) is 11.6 Å². The molecule has 0 bridgehead atoms. The normalized spacial score (nSPS) is 18.2. The molecule has 1 saturated heterocycles. The van der Waals surface area contributed by atoms with Gasteiger partial charge in [0.1, 0.15) is 11.1 Å². The average Bonchev–Trinajstić information content (AvgIpc) is 3.27. The lowest BCUT2D eigenvalue weighted by molar-refractivity contribution is 0.102. The molecule has 1 aromatic carbocycles. The van der Waals surface area contributed by atoms with Gasteiger partial charge in [-0.2, -0.15) is 0 Å². The van der Waals surface area contributed by atoms with E-state index in [9.17, 15) is 4.79 Å². The zero-order chi connectivity index (χ0) is 17.2. The Morgan fingerprint density at radius 1 is 1.28 bits per heavy atom. The topological polar surface area (TPSA) is 78.9 Å². The first-order valence-corrected chi connectivity index (χ1v) is 8.18. The van der Waals surface area contributed by atoms with Crippen molar-refractivity contribution in [2.75, 3.05) is 25.3 Å². The lowest BCUT2D eigenvalue weighted by atomic mass is 10.2. The quantitative estimate of drug-likeness (QED) is 0.901. The van der Waals surface area contributed by atoms with E-state index in [1.807, 2.05) is 0 Å². The van der Waals surface area contributed by atoms with Crippen LogP contribution in [0.3, 0.4) is 0 Å². The first-order valence-electron chi connectivity index (χ1n) is 7.80. The Bertz CT molecular complexity index is 808. The number of hydrogen-bond donors (Lipinski definition) is 1. The number of halogens is 1. The second kappa shape index (κ2) is 6.78. The van der Waals surface area contributed by atoms with Gasteiger partial charge in [0.05, 0.1) is 18.8 Å². The van der Waals surface area contributed by atoms with Gasteiger partial charge in [0.25, 0.3) is 5.91 Å². The highest BCUT2D eigenvalue weighted by Crippen LogP contribution is 2.34. The molecule has 25 heavy (non-hydrogen) atoms. The summed E-state index contributed by atoms with van der Waals surface area (Å²) in [5.74, 6) is 1.22. The van der Waals surface area contributed by atoms with Crippen LogP contribution < -0.4 is 19.5 Å². The Hall–Kier alpha value is -2.51. The van der Waals surface area contributed by atoms with Crippen molar-refractivity contribution in [2.24, 2.45) is 0 Å². The highest BCUT2D eigenvalue weighted by atomic mass is 35.5. The maximum atomic E-state index is 12.4. The smallest absolute Gasteiger partial charge is 0.257 e. The average molecular weight is 363 g/mol. The number of amides is 1. The van der Waals surface area contributed by atoms with Crippen LogP contribution in [0.1, 0.15) is 16.8 Å². The van der Waals surface area contributed by atoms with Gasteiger partial charge in [-0.05, 0) is 18.2 Å². The van der Waals surface area contributed by atoms with Gasteiger partial charge in [0.2, 0.25) is 12.7 Å². The zero-order valence-corrected chi connectivity index (χ0v) is 13.9. The Morgan fingerprint density at radius 3 is 2.96 bits per heavy atom. The minimum Gasteiger partial charge on any atom is -0.471 e. The van der Waals surface area contributed by atoms with Gasteiger partial charge in [0.15, 0.2) is 11.5 Å². The van der Waals surface area contributed by atoms with E-state index in [1.165, 1.54) is 12.3 Å². The van der Waals surface area contributed by atoms with Crippen LogP contribution in [0.25, 0.3) is 0 Å². The van der Waals surface area contributed by atoms with E-state index < -0.39 is 0 Å². The number of carbonyl (C=O) groups is 1. The first-order chi connectivity index (χ1) is 12.2. The number of nitrogens with zero attached hydrogens (tertiary/aromatic N) is 1. The van der Waals surface area contributed by atoms with Gasteiger partial charge in [-0.3, -0.25) is 4.79 Å². The summed E-state index contributed by atoms with van der Waals surface area (Å²) in [4.78, 5) is 16.5. The summed E-state index contributed by atoms with van der Waals surface area (Å²) < 4.78 is 21.5. The fourth-order valence-electron chi connectivity index (χ4n) is 2.58. The van der Waals surface area contributed by atoms with Crippen LogP contribution in [0.4, 0.5) is 5.69 Å². The van der Waals surface area contributed by atoms with Crippen LogP contribution in [0.5, 0.6) is 17.4 Å². The fourth-order valence-corrected chi connectivity index (χ4v) is 2.79. The van der Waals surface area contributed by atoms with E-state index >= 15 is 0 Å². The summed E-state index contributed by atoms with van der Waals surface area (Å²) in [5.41, 5.74) is 0.923. The van der Waals surface area contributed by atoms with Crippen molar-refractivity contribution in [3.63, 3.8) is 0 Å². The molecule has 8 heteroatoms. The van der Waals surface area contributed by atoms with Crippen molar-refractivity contribution >= 4 is 23.2 Å². The maximum Gasteiger partial charge on any atom is 0.257 e. The third-order valence-corrected chi connectivity index (χ3v) is 4.14. The molecule has 0 radical (unpaired) electrons. The van der Waals surface area contributed by atoms with Crippen LogP contribution in [0.15, 0.2) is 30.5 Å². The molecule has 4 rings (SSSR count). The molecular formula is C17H15ClN2O5. The van der Waals surface area contributed by atoms with Crippen molar-refractivity contribution < 1.29 is 23.7 Å². The molecule has 2 aliphatic heterocycles. The zero-order valence-electron chi connectivity index (χ0n) is 13.2. The Morgan fingerprint density at radius 2 is 2.16 bits per heavy atom. The van der Waals surface area contributed by atoms with Crippen LogP contribution in [-0.4, -0.2) is 37.0 Å². The second-order valence-electron chi connectivity index (χ2n) is 5.64. The lowest BCUT2D eigenvalue weighted by Gasteiger charge is -2.12. The molecule has 0 saturated carbocycles.